The number of aryl methyl sites for hydroxylation is 1. The van der Waals surface area contributed by atoms with Crippen LogP contribution in [0.3, 0.4) is 0 Å². The maximum Gasteiger partial charge on any atom is 0.343 e. The second-order valence-corrected chi connectivity index (χ2v) is 8.67. The van der Waals surface area contributed by atoms with Crippen molar-refractivity contribution in [2.75, 3.05) is 13.7 Å². The molecule has 1 heterocycles. The smallest absolute Gasteiger partial charge is 0.343 e. The van der Waals surface area contributed by atoms with Gasteiger partial charge in [-0.2, -0.15) is 0 Å². The number of aromatic nitrogens is 1. The third kappa shape index (κ3) is 4.72. The SMILES string of the molecule is COC(=O)COc1ccc(F)c2[nH]c(=O)c(Cc3ccc(C(=O)C(C)(C)C)cc3)c(C)c12. The molecule has 0 fully saturated rings. The monoisotopic (exact) mass is 439 g/mol. The average Bonchev–Trinajstić information content (AvgIpc) is 2.75. The highest BCUT2D eigenvalue weighted by Crippen LogP contribution is 2.31. The molecular weight excluding hydrogens is 413 g/mol. The highest BCUT2D eigenvalue weighted by atomic mass is 19.1. The number of rotatable bonds is 6. The molecule has 3 aromatic rings. The minimum atomic E-state index is -0.595. The Hall–Kier alpha value is -3.48. The van der Waals surface area contributed by atoms with Crippen molar-refractivity contribution in [3.8, 4) is 5.75 Å². The van der Waals surface area contributed by atoms with Crippen LogP contribution in [0.25, 0.3) is 10.9 Å². The van der Waals surface area contributed by atoms with Crippen LogP contribution in [0.4, 0.5) is 4.39 Å². The number of ether oxygens (including phenoxy) is 2. The van der Waals surface area contributed by atoms with E-state index in [1.807, 2.05) is 32.9 Å². The van der Waals surface area contributed by atoms with Crippen LogP contribution in [0.5, 0.6) is 5.75 Å². The van der Waals surface area contributed by atoms with Crippen LogP contribution in [0.15, 0.2) is 41.2 Å². The van der Waals surface area contributed by atoms with Gasteiger partial charge in [-0.15, -0.1) is 0 Å². The molecule has 0 saturated carbocycles. The first-order chi connectivity index (χ1) is 15.0. The fourth-order valence-electron chi connectivity index (χ4n) is 3.50. The van der Waals surface area contributed by atoms with E-state index in [4.69, 9.17) is 4.74 Å². The Bertz CT molecular complexity index is 1240. The summed E-state index contributed by atoms with van der Waals surface area (Å²) < 4.78 is 24.5. The molecule has 0 bridgehead atoms. The van der Waals surface area contributed by atoms with Gasteiger partial charge in [0.15, 0.2) is 12.4 Å². The van der Waals surface area contributed by atoms with Gasteiger partial charge in [0.05, 0.1) is 12.6 Å². The number of hydrogen-bond donors (Lipinski definition) is 1. The van der Waals surface area contributed by atoms with Crippen LogP contribution in [-0.2, 0) is 16.0 Å². The number of fused-ring (bicyclic) bond motifs is 1. The van der Waals surface area contributed by atoms with E-state index in [9.17, 15) is 18.8 Å². The van der Waals surface area contributed by atoms with E-state index in [0.717, 1.165) is 5.56 Å². The summed E-state index contributed by atoms with van der Waals surface area (Å²) in [7, 11) is 1.25. The molecule has 168 valence electrons. The highest BCUT2D eigenvalue weighted by Gasteiger charge is 2.23. The number of halogens is 1. The predicted octanol–water partition coefficient (Wildman–Crippen LogP) is 4.35. The highest BCUT2D eigenvalue weighted by molar-refractivity contribution is 5.99. The fraction of sp³-hybridized carbons (Fsp3) is 0.320. The lowest BCUT2D eigenvalue weighted by molar-refractivity contribution is -0.142. The van der Waals surface area contributed by atoms with E-state index in [1.54, 1.807) is 19.1 Å². The summed E-state index contributed by atoms with van der Waals surface area (Å²) in [5.74, 6) is -0.864. The second kappa shape index (κ2) is 8.94. The Balaban J connectivity index is 2.01. The topological polar surface area (TPSA) is 85.5 Å². The van der Waals surface area contributed by atoms with Crippen molar-refractivity contribution in [1.29, 1.82) is 0 Å². The Morgan fingerprint density at radius 3 is 2.31 bits per heavy atom. The number of ketones is 1. The Kier molecular flexibility index (Phi) is 6.48. The molecule has 0 aliphatic rings. The Morgan fingerprint density at radius 1 is 1.06 bits per heavy atom. The summed E-state index contributed by atoms with van der Waals surface area (Å²) >= 11 is 0. The lowest BCUT2D eigenvalue weighted by Gasteiger charge is -2.17. The zero-order valence-electron chi connectivity index (χ0n) is 18.8. The number of carbonyl (C=O) groups excluding carboxylic acids is 2. The lowest BCUT2D eigenvalue weighted by Crippen LogP contribution is -2.20. The van der Waals surface area contributed by atoms with Gasteiger partial charge in [0.2, 0.25) is 0 Å². The van der Waals surface area contributed by atoms with Crippen molar-refractivity contribution < 1.29 is 23.5 Å². The number of esters is 1. The number of carbonyl (C=O) groups is 2. The van der Waals surface area contributed by atoms with E-state index < -0.39 is 22.8 Å². The molecule has 0 unspecified atom stereocenters. The van der Waals surface area contributed by atoms with Crippen molar-refractivity contribution in [3.05, 3.63) is 74.8 Å². The molecule has 0 saturated heterocycles. The number of methoxy groups -OCH3 is 1. The van der Waals surface area contributed by atoms with Crippen LogP contribution in [-0.4, -0.2) is 30.5 Å². The number of Topliss-reactive ketones (excluding diaryl/α,β-unsaturated/α-hetero) is 1. The van der Waals surface area contributed by atoms with Crippen LogP contribution in [0, 0.1) is 18.2 Å². The number of H-pyrrole nitrogens is 1. The molecular formula is C25H26FNO5. The van der Waals surface area contributed by atoms with Crippen molar-refractivity contribution in [2.45, 2.75) is 34.1 Å². The lowest BCUT2D eigenvalue weighted by atomic mass is 9.86. The molecule has 6 nitrogen and oxygen atoms in total. The Morgan fingerprint density at radius 2 is 1.72 bits per heavy atom. The molecule has 3 rings (SSSR count). The zero-order chi connectivity index (χ0) is 23.6. The molecule has 2 aromatic carbocycles. The molecule has 0 atom stereocenters. The molecule has 0 aliphatic carbocycles. The van der Waals surface area contributed by atoms with Crippen LogP contribution in [0.1, 0.15) is 47.8 Å². The van der Waals surface area contributed by atoms with Crippen molar-refractivity contribution in [1.82, 2.24) is 4.98 Å². The van der Waals surface area contributed by atoms with Crippen LogP contribution >= 0.6 is 0 Å². The van der Waals surface area contributed by atoms with Gasteiger partial charge >= 0.3 is 5.97 Å². The maximum atomic E-state index is 14.4. The fourth-order valence-corrected chi connectivity index (χ4v) is 3.50. The van der Waals surface area contributed by atoms with E-state index in [2.05, 4.69) is 9.72 Å². The van der Waals surface area contributed by atoms with E-state index >= 15 is 0 Å². The minimum absolute atomic E-state index is 0.0183. The Labute approximate surface area is 185 Å². The van der Waals surface area contributed by atoms with Crippen molar-refractivity contribution in [2.24, 2.45) is 5.41 Å². The first kappa shape index (κ1) is 23.2. The summed E-state index contributed by atoms with van der Waals surface area (Å²) in [6.07, 6.45) is 0.286. The van der Waals surface area contributed by atoms with Gasteiger partial charge in [0, 0.05) is 28.3 Å². The molecule has 0 amide bonds. The summed E-state index contributed by atoms with van der Waals surface area (Å²) in [4.78, 5) is 39.3. The quantitative estimate of drug-likeness (QED) is 0.456. The standard InChI is InChI=1S/C25H26FNO5/c1-14-17(12-15-6-8-16(9-7-15)23(29)25(2,3)4)24(30)27-22-18(26)10-11-19(21(14)22)32-13-20(28)31-5/h6-11H,12-13H2,1-5H3,(H,27,30). The number of pyridine rings is 1. The van der Waals surface area contributed by atoms with E-state index in [-0.39, 0.29) is 30.1 Å². The summed E-state index contributed by atoms with van der Waals surface area (Å²) in [6.45, 7) is 6.96. The zero-order valence-corrected chi connectivity index (χ0v) is 18.8. The molecule has 1 aromatic heterocycles. The van der Waals surface area contributed by atoms with E-state index in [0.29, 0.717) is 22.1 Å². The normalized spacial score (nSPS) is 11.4. The summed E-state index contributed by atoms with van der Waals surface area (Å²) in [5, 5.41) is 0.392. The molecule has 0 radical (unpaired) electrons. The molecule has 32 heavy (non-hydrogen) atoms. The minimum Gasteiger partial charge on any atom is -0.481 e. The van der Waals surface area contributed by atoms with Gasteiger partial charge in [0.1, 0.15) is 11.6 Å². The maximum absolute atomic E-state index is 14.4. The van der Waals surface area contributed by atoms with Gasteiger partial charge in [-0.1, -0.05) is 45.0 Å². The van der Waals surface area contributed by atoms with Crippen molar-refractivity contribution >= 4 is 22.7 Å². The third-order valence-corrected chi connectivity index (χ3v) is 5.31. The summed E-state index contributed by atoms with van der Waals surface area (Å²) in [5.41, 5.74) is 1.55. The van der Waals surface area contributed by atoms with E-state index in [1.165, 1.54) is 19.2 Å². The summed E-state index contributed by atoms with van der Waals surface area (Å²) in [6, 6.07) is 9.71. The van der Waals surface area contributed by atoms with Gasteiger partial charge in [-0.3, -0.25) is 9.59 Å². The molecule has 0 aliphatic heterocycles. The predicted molar refractivity (Wildman–Crippen MR) is 120 cm³/mol. The van der Waals surface area contributed by atoms with Gasteiger partial charge in [-0.05, 0) is 30.2 Å². The largest absolute Gasteiger partial charge is 0.481 e. The molecule has 0 spiro atoms. The third-order valence-electron chi connectivity index (χ3n) is 5.31. The van der Waals surface area contributed by atoms with Gasteiger partial charge in [0.25, 0.3) is 5.56 Å². The first-order valence-electron chi connectivity index (χ1n) is 10.2. The average molecular weight is 439 g/mol. The number of aromatic amines is 1. The van der Waals surface area contributed by atoms with Gasteiger partial charge < -0.3 is 14.5 Å². The first-order valence-corrected chi connectivity index (χ1v) is 10.2. The van der Waals surface area contributed by atoms with Crippen molar-refractivity contribution in [3.63, 3.8) is 0 Å². The number of nitrogens with one attached hydrogen (secondary N) is 1. The number of hydrogen-bond acceptors (Lipinski definition) is 5. The van der Waals surface area contributed by atoms with Gasteiger partial charge in [-0.25, -0.2) is 9.18 Å². The van der Waals surface area contributed by atoms with Crippen LogP contribution < -0.4 is 10.3 Å². The molecule has 1 N–H and O–H groups in total. The van der Waals surface area contributed by atoms with Crippen LogP contribution in [0.2, 0.25) is 0 Å². The number of benzene rings is 2. The molecule has 7 heteroatoms. The second-order valence-electron chi connectivity index (χ2n) is 8.67.